The molecule has 1 aromatic rings. The van der Waals surface area contributed by atoms with E-state index in [1.807, 2.05) is 6.92 Å². The molecule has 19 heavy (non-hydrogen) atoms. The molecule has 0 fully saturated rings. The van der Waals surface area contributed by atoms with Gasteiger partial charge in [-0.25, -0.2) is 4.98 Å². The van der Waals surface area contributed by atoms with Crippen molar-refractivity contribution in [3.8, 4) is 0 Å². The Kier molecular flexibility index (Phi) is 6.17. The van der Waals surface area contributed by atoms with E-state index in [0.717, 1.165) is 19.6 Å². The largest absolute Gasteiger partial charge is 0.361 e. The van der Waals surface area contributed by atoms with Gasteiger partial charge in [-0.2, -0.15) is 0 Å². The molecule has 106 valence electrons. The second-order valence-electron chi connectivity index (χ2n) is 4.31. The van der Waals surface area contributed by atoms with Gasteiger partial charge in [0.05, 0.1) is 4.92 Å². The predicted molar refractivity (Wildman–Crippen MR) is 79.5 cm³/mol. The van der Waals surface area contributed by atoms with Gasteiger partial charge >= 0.3 is 5.69 Å². The molecule has 0 aliphatic heterocycles. The molecule has 6 nitrogen and oxygen atoms in total. The molecular formula is C12H19BrN4O2. The molecule has 1 N–H and O–H groups in total. The van der Waals surface area contributed by atoms with E-state index in [0.29, 0.717) is 10.3 Å². The lowest BCUT2D eigenvalue weighted by molar-refractivity contribution is -0.384. The SMILES string of the molecule is CCN(CC)CC(C)Nc1ncc(Br)cc1[N+](=O)[O-]. The zero-order chi connectivity index (χ0) is 14.4. The lowest BCUT2D eigenvalue weighted by Gasteiger charge is -2.23. The van der Waals surface area contributed by atoms with Crippen molar-refractivity contribution < 1.29 is 4.92 Å². The Morgan fingerprint density at radius 3 is 2.68 bits per heavy atom. The number of nitrogens with one attached hydrogen (secondary N) is 1. The highest BCUT2D eigenvalue weighted by Crippen LogP contribution is 2.25. The fourth-order valence-electron chi connectivity index (χ4n) is 1.83. The molecule has 1 rings (SSSR count). The molecule has 0 saturated carbocycles. The standard InChI is InChI=1S/C12H19BrN4O2/c1-4-16(5-2)8-9(3)15-12-11(17(18)19)6-10(13)7-14-12/h6-7,9H,4-5,8H2,1-3H3,(H,14,15). The van der Waals surface area contributed by atoms with Gasteiger partial charge in [0.1, 0.15) is 0 Å². The van der Waals surface area contributed by atoms with Crippen LogP contribution in [0.25, 0.3) is 0 Å². The molecular weight excluding hydrogens is 312 g/mol. The van der Waals surface area contributed by atoms with Crippen LogP contribution in [-0.2, 0) is 0 Å². The van der Waals surface area contributed by atoms with Crippen molar-refractivity contribution in [3.63, 3.8) is 0 Å². The molecule has 0 radical (unpaired) electrons. The second kappa shape index (κ2) is 7.40. The summed E-state index contributed by atoms with van der Waals surface area (Å²) in [6.45, 7) is 8.91. The summed E-state index contributed by atoms with van der Waals surface area (Å²) in [6, 6.07) is 1.55. The zero-order valence-electron chi connectivity index (χ0n) is 11.4. The van der Waals surface area contributed by atoms with Crippen molar-refractivity contribution in [3.05, 3.63) is 26.9 Å². The van der Waals surface area contributed by atoms with Crippen molar-refractivity contribution in [2.45, 2.75) is 26.8 Å². The topological polar surface area (TPSA) is 71.3 Å². The maximum atomic E-state index is 11.0. The van der Waals surface area contributed by atoms with Crippen LogP contribution < -0.4 is 5.32 Å². The number of hydrogen-bond donors (Lipinski definition) is 1. The summed E-state index contributed by atoms with van der Waals surface area (Å²) >= 11 is 3.19. The molecule has 0 bridgehead atoms. The van der Waals surface area contributed by atoms with Crippen LogP contribution in [0.15, 0.2) is 16.7 Å². The molecule has 1 atom stereocenters. The predicted octanol–water partition coefficient (Wildman–Crippen LogP) is 2.89. The molecule has 0 aliphatic carbocycles. The summed E-state index contributed by atoms with van der Waals surface area (Å²) < 4.78 is 0.598. The van der Waals surface area contributed by atoms with Crippen molar-refractivity contribution in [2.24, 2.45) is 0 Å². The highest BCUT2D eigenvalue weighted by molar-refractivity contribution is 9.10. The Morgan fingerprint density at radius 1 is 1.53 bits per heavy atom. The van der Waals surface area contributed by atoms with Crippen LogP contribution in [0, 0.1) is 10.1 Å². The summed E-state index contributed by atoms with van der Waals surface area (Å²) in [7, 11) is 0. The maximum absolute atomic E-state index is 11.0. The highest BCUT2D eigenvalue weighted by atomic mass is 79.9. The minimum atomic E-state index is -0.426. The molecule has 1 aromatic heterocycles. The Morgan fingerprint density at radius 2 is 2.16 bits per heavy atom. The fraction of sp³-hybridized carbons (Fsp3) is 0.583. The van der Waals surface area contributed by atoms with Crippen molar-refractivity contribution in [1.29, 1.82) is 0 Å². The summed E-state index contributed by atoms with van der Waals surface area (Å²) in [5.41, 5.74) is -0.0132. The van der Waals surface area contributed by atoms with Gasteiger partial charge in [0.25, 0.3) is 0 Å². The minimum Gasteiger partial charge on any atom is -0.361 e. The summed E-state index contributed by atoms with van der Waals surface area (Å²) in [4.78, 5) is 16.9. The van der Waals surface area contributed by atoms with Gasteiger partial charge in [0.15, 0.2) is 0 Å². The summed E-state index contributed by atoms with van der Waals surface area (Å²) in [6.07, 6.45) is 1.56. The molecule has 0 amide bonds. The quantitative estimate of drug-likeness (QED) is 0.614. The van der Waals surface area contributed by atoms with E-state index < -0.39 is 4.92 Å². The number of nitrogens with zero attached hydrogens (tertiary/aromatic N) is 3. The van der Waals surface area contributed by atoms with Crippen molar-refractivity contribution >= 4 is 27.4 Å². The first-order chi connectivity index (χ1) is 8.97. The van der Waals surface area contributed by atoms with Gasteiger partial charge < -0.3 is 10.2 Å². The number of pyridine rings is 1. The van der Waals surface area contributed by atoms with E-state index in [-0.39, 0.29) is 11.7 Å². The first kappa shape index (κ1) is 15.8. The van der Waals surface area contributed by atoms with Crippen LogP contribution in [0.2, 0.25) is 0 Å². The monoisotopic (exact) mass is 330 g/mol. The Balaban J connectivity index is 2.78. The van der Waals surface area contributed by atoms with E-state index in [1.165, 1.54) is 6.07 Å². The number of aromatic nitrogens is 1. The van der Waals surface area contributed by atoms with Gasteiger partial charge in [-0.3, -0.25) is 10.1 Å². The van der Waals surface area contributed by atoms with Gasteiger partial charge in [-0.05, 0) is 35.9 Å². The Hall–Kier alpha value is -1.21. The van der Waals surface area contributed by atoms with E-state index in [1.54, 1.807) is 6.20 Å². The zero-order valence-corrected chi connectivity index (χ0v) is 13.0. The third-order valence-corrected chi connectivity index (χ3v) is 3.27. The highest BCUT2D eigenvalue weighted by Gasteiger charge is 2.18. The van der Waals surface area contributed by atoms with Crippen LogP contribution in [0.5, 0.6) is 0 Å². The molecule has 1 unspecified atom stereocenters. The molecule has 0 saturated heterocycles. The summed E-state index contributed by atoms with van der Waals surface area (Å²) in [5.74, 6) is 0.313. The van der Waals surface area contributed by atoms with E-state index >= 15 is 0 Å². The molecule has 0 aliphatic rings. The van der Waals surface area contributed by atoms with Gasteiger partial charge in [0.2, 0.25) is 5.82 Å². The average molecular weight is 331 g/mol. The minimum absolute atomic E-state index is 0.0132. The van der Waals surface area contributed by atoms with Crippen LogP contribution in [0.3, 0.4) is 0 Å². The molecule has 7 heteroatoms. The van der Waals surface area contributed by atoms with Crippen LogP contribution in [0.1, 0.15) is 20.8 Å². The van der Waals surface area contributed by atoms with E-state index in [9.17, 15) is 10.1 Å². The van der Waals surface area contributed by atoms with Crippen molar-refractivity contribution in [2.75, 3.05) is 25.0 Å². The van der Waals surface area contributed by atoms with Crippen molar-refractivity contribution in [1.82, 2.24) is 9.88 Å². The van der Waals surface area contributed by atoms with E-state index in [2.05, 4.69) is 45.0 Å². The Labute approximate surface area is 121 Å². The molecule has 0 spiro atoms. The third kappa shape index (κ3) is 4.76. The molecule has 0 aromatic carbocycles. The van der Waals surface area contributed by atoms with E-state index in [4.69, 9.17) is 0 Å². The number of likely N-dealkylation sites (N-methyl/N-ethyl adjacent to an activating group) is 1. The van der Waals surface area contributed by atoms with Crippen LogP contribution >= 0.6 is 15.9 Å². The van der Waals surface area contributed by atoms with Crippen LogP contribution in [0.4, 0.5) is 11.5 Å². The average Bonchev–Trinajstić information content (AvgIpc) is 2.37. The summed E-state index contributed by atoms with van der Waals surface area (Å²) in [5, 5.41) is 14.1. The lowest BCUT2D eigenvalue weighted by Crippen LogP contribution is -2.35. The van der Waals surface area contributed by atoms with Crippen LogP contribution in [-0.4, -0.2) is 40.5 Å². The smallest absolute Gasteiger partial charge is 0.312 e. The number of anilines is 1. The number of rotatable bonds is 7. The Bertz CT molecular complexity index is 438. The molecule has 1 heterocycles. The first-order valence-electron chi connectivity index (χ1n) is 6.26. The van der Waals surface area contributed by atoms with Gasteiger partial charge in [0, 0.05) is 29.3 Å². The maximum Gasteiger partial charge on any atom is 0.312 e. The number of halogens is 1. The normalized spacial score (nSPS) is 12.5. The first-order valence-corrected chi connectivity index (χ1v) is 7.06. The van der Waals surface area contributed by atoms with Gasteiger partial charge in [-0.15, -0.1) is 0 Å². The number of nitro groups is 1. The fourth-order valence-corrected chi connectivity index (χ4v) is 2.15. The second-order valence-corrected chi connectivity index (χ2v) is 5.23. The number of hydrogen-bond acceptors (Lipinski definition) is 5. The third-order valence-electron chi connectivity index (χ3n) is 2.84. The van der Waals surface area contributed by atoms with Gasteiger partial charge in [-0.1, -0.05) is 13.8 Å². The lowest BCUT2D eigenvalue weighted by atomic mass is 10.3.